The number of aromatic amines is 1. The lowest BCUT2D eigenvalue weighted by atomic mass is 10.1. The number of aryl methyl sites for hydroxylation is 1. The van der Waals surface area contributed by atoms with Gasteiger partial charge in [0, 0.05) is 6.21 Å². The first-order valence-corrected chi connectivity index (χ1v) is 10.2. The number of H-pyrrole nitrogens is 1. The molecule has 0 amide bonds. The van der Waals surface area contributed by atoms with Crippen LogP contribution in [0.1, 0.15) is 28.1 Å². The maximum absolute atomic E-state index is 13.4. The summed E-state index contributed by atoms with van der Waals surface area (Å²) < 4.78 is 3.39. The minimum Gasteiger partial charge on any atom is -0.338 e. The van der Waals surface area contributed by atoms with E-state index in [2.05, 4.69) is 21.1 Å². The third-order valence-electron chi connectivity index (χ3n) is 5.76. The Hall–Kier alpha value is -4.44. The van der Waals surface area contributed by atoms with E-state index < -0.39 is 0 Å². The van der Waals surface area contributed by atoms with E-state index in [4.69, 9.17) is 0 Å². The molecule has 5 aromatic rings. The maximum Gasteiger partial charge on any atom is 0.265 e. The van der Waals surface area contributed by atoms with Crippen LogP contribution in [0.15, 0.2) is 64.4 Å². The quantitative estimate of drug-likeness (QED) is 0.435. The first-order chi connectivity index (χ1) is 15.5. The lowest BCUT2D eigenvalue weighted by molar-refractivity contribution is 0.834. The van der Waals surface area contributed by atoms with Crippen LogP contribution in [0.25, 0.3) is 22.4 Å². The second-order valence-electron chi connectivity index (χ2n) is 7.68. The van der Waals surface area contributed by atoms with Gasteiger partial charge in [-0.05, 0) is 50.6 Å². The average molecular weight is 420 g/mol. The van der Waals surface area contributed by atoms with E-state index in [1.165, 1.54) is 0 Å². The number of rotatable bonds is 3. The van der Waals surface area contributed by atoms with Gasteiger partial charge in [0.2, 0.25) is 0 Å². The zero-order valence-corrected chi connectivity index (χ0v) is 17.9. The molecule has 0 aliphatic carbocycles. The predicted octanol–water partition coefficient (Wildman–Crippen LogP) is 4.51. The number of imidazole rings is 1. The summed E-state index contributed by atoms with van der Waals surface area (Å²) in [6.45, 7) is 5.62. The second-order valence-corrected chi connectivity index (χ2v) is 7.68. The molecule has 156 valence electrons. The summed E-state index contributed by atoms with van der Waals surface area (Å²) in [5, 5.41) is 14.4. The van der Waals surface area contributed by atoms with Crippen LogP contribution in [-0.4, -0.2) is 25.4 Å². The number of benzene rings is 2. The van der Waals surface area contributed by atoms with E-state index in [1.54, 1.807) is 17.5 Å². The van der Waals surface area contributed by atoms with Crippen molar-refractivity contribution in [1.29, 1.82) is 5.26 Å². The second kappa shape index (κ2) is 7.36. The highest BCUT2D eigenvalue weighted by molar-refractivity contribution is 5.89. The molecular formula is C25H20N6O. The molecule has 0 bridgehead atoms. The van der Waals surface area contributed by atoms with Gasteiger partial charge in [-0.25, -0.2) is 4.68 Å². The zero-order valence-electron chi connectivity index (χ0n) is 17.9. The highest BCUT2D eigenvalue weighted by atomic mass is 16.1. The lowest BCUT2D eigenvalue weighted by Crippen LogP contribution is -2.20. The van der Waals surface area contributed by atoms with Gasteiger partial charge in [0.1, 0.15) is 17.4 Å². The Morgan fingerprint density at radius 2 is 1.78 bits per heavy atom. The summed E-state index contributed by atoms with van der Waals surface area (Å²) in [4.78, 5) is 21.3. The number of nitrogens with zero attached hydrogens (tertiary/aromatic N) is 5. The van der Waals surface area contributed by atoms with Gasteiger partial charge in [-0.1, -0.05) is 30.3 Å². The molecule has 0 atom stereocenters. The van der Waals surface area contributed by atoms with Crippen molar-refractivity contribution in [1.82, 2.24) is 19.2 Å². The Bertz CT molecular complexity index is 1630. The van der Waals surface area contributed by atoms with Gasteiger partial charge in [-0.3, -0.25) is 14.2 Å². The lowest BCUT2D eigenvalue weighted by Gasteiger charge is -2.06. The monoisotopic (exact) mass is 420 g/mol. The van der Waals surface area contributed by atoms with Crippen LogP contribution in [0.5, 0.6) is 0 Å². The standard InChI is InChI=1S/C25H20N6O/c1-15-19(13-26)24-28-21-11-7-8-12-22(21)30(24)25(32)20(15)14-27-23-16(2)29-31(17(23)3)18-9-5-4-6-10-18/h4-12,14,28H,1-3H3. The fourth-order valence-corrected chi connectivity index (χ4v) is 4.12. The predicted molar refractivity (Wildman–Crippen MR) is 125 cm³/mol. The van der Waals surface area contributed by atoms with Crippen LogP contribution in [-0.2, 0) is 0 Å². The molecule has 3 aromatic heterocycles. The number of aromatic nitrogens is 4. The normalized spacial score (nSPS) is 11.6. The van der Waals surface area contributed by atoms with Crippen molar-refractivity contribution in [2.45, 2.75) is 20.8 Å². The van der Waals surface area contributed by atoms with E-state index >= 15 is 0 Å². The number of aliphatic imine (C=N–C) groups is 1. The van der Waals surface area contributed by atoms with E-state index in [-0.39, 0.29) is 5.56 Å². The first kappa shape index (κ1) is 19.5. The largest absolute Gasteiger partial charge is 0.338 e. The van der Waals surface area contributed by atoms with Crippen LogP contribution < -0.4 is 5.56 Å². The molecule has 32 heavy (non-hydrogen) atoms. The molecule has 7 heteroatoms. The number of hydrogen-bond donors (Lipinski definition) is 1. The SMILES string of the molecule is Cc1nn(-c2ccccc2)c(C)c1N=Cc1c(C)c(C#N)c2[nH]c3ccccc3n2c1=O. The van der Waals surface area contributed by atoms with Crippen molar-refractivity contribution >= 4 is 28.6 Å². The van der Waals surface area contributed by atoms with Crippen molar-refractivity contribution < 1.29 is 0 Å². The molecule has 1 N–H and O–H groups in total. The van der Waals surface area contributed by atoms with Crippen LogP contribution in [0.4, 0.5) is 5.69 Å². The molecule has 0 aliphatic heterocycles. The van der Waals surface area contributed by atoms with Gasteiger partial charge in [-0.15, -0.1) is 0 Å². The van der Waals surface area contributed by atoms with Crippen molar-refractivity contribution in [2.24, 2.45) is 4.99 Å². The highest BCUT2D eigenvalue weighted by Gasteiger charge is 2.18. The molecular weight excluding hydrogens is 400 g/mol. The van der Waals surface area contributed by atoms with Gasteiger partial charge < -0.3 is 4.98 Å². The summed E-state index contributed by atoms with van der Waals surface area (Å²) in [6, 6.07) is 19.6. The van der Waals surface area contributed by atoms with Crippen LogP contribution in [0, 0.1) is 32.1 Å². The fourth-order valence-electron chi connectivity index (χ4n) is 4.12. The minimum atomic E-state index is -0.219. The number of nitrogens with one attached hydrogen (secondary N) is 1. The Morgan fingerprint density at radius 1 is 1.06 bits per heavy atom. The average Bonchev–Trinajstić information content (AvgIpc) is 3.32. The molecule has 0 fully saturated rings. The highest BCUT2D eigenvalue weighted by Crippen LogP contribution is 2.26. The third-order valence-corrected chi connectivity index (χ3v) is 5.76. The molecule has 0 unspecified atom stereocenters. The van der Waals surface area contributed by atoms with Crippen molar-refractivity contribution in [3.8, 4) is 11.8 Å². The van der Waals surface area contributed by atoms with Crippen molar-refractivity contribution in [2.75, 3.05) is 0 Å². The number of nitriles is 1. The molecule has 7 nitrogen and oxygen atoms in total. The van der Waals surface area contributed by atoms with E-state index in [0.717, 1.165) is 28.1 Å². The van der Waals surface area contributed by atoms with E-state index in [1.807, 2.05) is 73.1 Å². The third kappa shape index (κ3) is 2.85. The Morgan fingerprint density at radius 3 is 2.53 bits per heavy atom. The molecule has 3 heterocycles. The number of pyridine rings is 1. The number of fused-ring (bicyclic) bond motifs is 3. The van der Waals surface area contributed by atoms with Crippen molar-refractivity contribution in [3.63, 3.8) is 0 Å². The molecule has 0 spiro atoms. The minimum absolute atomic E-state index is 0.219. The molecule has 5 rings (SSSR count). The van der Waals surface area contributed by atoms with Crippen LogP contribution >= 0.6 is 0 Å². The topological polar surface area (TPSA) is 91.2 Å². The molecule has 2 aromatic carbocycles. The van der Waals surface area contributed by atoms with Gasteiger partial charge in [-0.2, -0.15) is 10.4 Å². The zero-order chi connectivity index (χ0) is 22.4. The molecule has 0 aliphatic rings. The molecule has 0 saturated carbocycles. The summed E-state index contributed by atoms with van der Waals surface area (Å²) in [5.41, 5.74) is 6.48. The van der Waals surface area contributed by atoms with Crippen LogP contribution in [0.2, 0.25) is 0 Å². The smallest absolute Gasteiger partial charge is 0.265 e. The fraction of sp³-hybridized carbons (Fsp3) is 0.120. The summed E-state index contributed by atoms with van der Waals surface area (Å²) in [5.74, 6) is 0. The van der Waals surface area contributed by atoms with Gasteiger partial charge in [0.25, 0.3) is 5.56 Å². The van der Waals surface area contributed by atoms with Gasteiger partial charge >= 0.3 is 0 Å². The number of para-hydroxylation sites is 3. The van der Waals surface area contributed by atoms with Crippen LogP contribution in [0.3, 0.4) is 0 Å². The summed E-state index contributed by atoms with van der Waals surface area (Å²) in [7, 11) is 0. The Balaban J connectivity index is 1.70. The van der Waals surface area contributed by atoms with Gasteiger partial charge in [0.15, 0.2) is 0 Å². The summed E-state index contributed by atoms with van der Waals surface area (Å²) in [6.07, 6.45) is 1.55. The van der Waals surface area contributed by atoms with E-state index in [0.29, 0.717) is 28.0 Å². The summed E-state index contributed by atoms with van der Waals surface area (Å²) >= 11 is 0. The maximum atomic E-state index is 13.4. The molecule has 0 saturated heterocycles. The van der Waals surface area contributed by atoms with Gasteiger partial charge in [0.05, 0.1) is 39.2 Å². The van der Waals surface area contributed by atoms with E-state index in [9.17, 15) is 10.1 Å². The number of hydrogen-bond acceptors (Lipinski definition) is 4. The Labute approximate surface area is 183 Å². The Kier molecular flexibility index (Phi) is 4.49. The first-order valence-electron chi connectivity index (χ1n) is 10.2. The van der Waals surface area contributed by atoms with Crippen molar-refractivity contribution in [3.05, 3.63) is 93.0 Å². The molecule has 0 radical (unpaired) electrons.